The molecule has 76 heavy (non-hydrogen) atoms. The Bertz CT molecular complexity index is 2890. The third-order valence-corrected chi connectivity index (χ3v) is 18.0. The second kappa shape index (κ2) is 22.3. The number of likely N-dealkylation sites (tertiary alicyclic amines) is 2. The molecule has 3 aromatic carbocycles. The lowest BCUT2D eigenvalue weighted by atomic mass is 9.75. The van der Waals surface area contributed by atoms with Crippen LogP contribution in [0.25, 0.3) is 21.5 Å². The maximum atomic E-state index is 14.7. The number of hydrogen-bond donors (Lipinski definition) is 4. The van der Waals surface area contributed by atoms with Crippen molar-refractivity contribution in [2.45, 2.75) is 111 Å². The Balaban J connectivity index is 0.683. The quantitative estimate of drug-likeness (QED) is 0.0787. The lowest BCUT2D eigenvalue weighted by molar-refractivity contribution is -0.144. The Morgan fingerprint density at radius 1 is 0.934 bits per heavy atom. The van der Waals surface area contributed by atoms with Crippen molar-refractivity contribution in [3.63, 3.8) is 0 Å². The predicted octanol–water partition coefficient (Wildman–Crippen LogP) is 7.32. The van der Waals surface area contributed by atoms with Gasteiger partial charge in [0.1, 0.15) is 23.4 Å². The molecular formula is C58H77ClFN11O4S. The summed E-state index contributed by atoms with van der Waals surface area (Å²) in [6, 6.07) is 14.0. The van der Waals surface area contributed by atoms with Crippen LogP contribution in [0, 0.1) is 43.3 Å². The third-order valence-electron chi connectivity index (χ3n) is 16.8. The minimum atomic E-state index is -0.864. The second-order valence-electron chi connectivity index (χ2n) is 23.9. The number of hydrogen-bond acceptors (Lipinski definition) is 12. The number of piperazine rings is 1. The van der Waals surface area contributed by atoms with Crippen molar-refractivity contribution in [3.8, 4) is 10.4 Å². The molecule has 0 bridgehead atoms. The van der Waals surface area contributed by atoms with E-state index in [-0.39, 0.29) is 42.5 Å². The highest BCUT2D eigenvalue weighted by Crippen LogP contribution is 2.41. The van der Waals surface area contributed by atoms with Crippen LogP contribution in [0.5, 0.6) is 0 Å². The fourth-order valence-corrected chi connectivity index (χ4v) is 13.4. The number of anilines is 2. The standard InChI is InChI=1S/C58H77ClFN11O4S/c1-36-23-41(24-37(2)50(36)60)29-71-47-26-44(59)25-46(51(47)65-56(71)69-33-58(34-69)31-61-32-58)68-21-19-67(20-22-68)28-40-14-17-66(18-15-40)16-8-9-49(73)64-53(57(5,6)7)55(75)70-30-45(72)27-48(70)54(74)63-38(3)42-10-12-43(13-11-42)52-39(4)62-35-76-52/h10-13,23-26,35,38,40,45,48,53,61,72H,8-9,14-22,27-34H2,1-7H3,(H,63,74)(H,64,73). The summed E-state index contributed by atoms with van der Waals surface area (Å²) in [5.74, 6) is 0.539. The topological polar surface area (TPSA) is 154 Å². The summed E-state index contributed by atoms with van der Waals surface area (Å²) in [4.78, 5) is 63.8. The van der Waals surface area contributed by atoms with Gasteiger partial charge in [0.2, 0.25) is 23.7 Å². The van der Waals surface area contributed by atoms with Crippen LogP contribution < -0.4 is 25.8 Å². The predicted molar refractivity (Wildman–Crippen MR) is 301 cm³/mol. The monoisotopic (exact) mass is 1080 g/mol. The summed E-state index contributed by atoms with van der Waals surface area (Å²) in [7, 11) is 0. The fourth-order valence-electron chi connectivity index (χ4n) is 12.4. The van der Waals surface area contributed by atoms with E-state index in [4.69, 9.17) is 16.6 Å². The summed E-state index contributed by atoms with van der Waals surface area (Å²) in [5.41, 5.74) is 9.89. The van der Waals surface area contributed by atoms with Crippen molar-refractivity contribution in [1.29, 1.82) is 0 Å². The minimum Gasteiger partial charge on any atom is -0.391 e. The van der Waals surface area contributed by atoms with E-state index in [1.807, 2.05) is 96.4 Å². The number of β-amino-alcohol motifs (C(OH)–C–C–N with tert-alkyl or cyclic N) is 1. The highest BCUT2D eigenvalue weighted by atomic mass is 35.5. The Kier molecular flexibility index (Phi) is 15.9. The van der Waals surface area contributed by atoms with Gasteiger partial charge in [-0.2, -0.15) is 0 Å². The number of rotatable bonds is 16. The molecule has 0 radical (unpaired) electrons. The van der Waals surface area contributed by atoms with E-state index in [2.05, 4.69) is 51.2 Å². The molecule has 5 aliphatic rings. The van der Waals surface area contributed by atoms with Gasteiger partial charge < -0.3 is 45.2 Å². The number of aromatic nitrogens is 3. The molecule has 1 spiro atoms. The average Bonchev–Trinajstić information content (AvgIpc) is 4.17. The van der Waals surface area contributed by atoms with Crippen LogP contribution in [0.2, 0.25) is 5.02 Å². The molecule has 5 saturated heterocycles. The number of amides is 3. The average molecular weight is 1080 g/mol. The van der Waals surface area contributed by atoms with Crippen molar-refractivity contribution in [2.24, 2.45) is 16.7 Å². The van der Waals surface area contributed by atoms with Gasteiger partial charge in [0, 0.05) is 88.7 Å². The Labute approximate surface area is 456 Å². The number of carbonyl (C=O) groups excluding carboxylic acids is 3. The number of aliphatic hydroxyl groups excluding tert-OH is 1. The molecule has 7 heterocycles. The van der Waals surface area contributed by atoms with Crippen LogP contribution in [-0.2, 0) is 20.9 Å². The van der Waals surface area contributed by atoms with Crippen LogP contribution in [-0.4, -0.2) is 155 Å². The highest BCUT2D eigenvalue weighted by Gasteiger charge is 2.49. The van der Waals surface area contributed by atoms with Crippen molar-refractivity contribution in [1.82, 2.24) is 45.2 Å². The summed E-state index contributed by atoms with van der Waals surface area (Å²) < 4.78 is 17.0. The summed E-state index contributed by atoms with van der Waals surface area (Å²) in [5, 5.41) is 21.0. The first-order valence-electron chi connectivity index (χ1n) is 27.5. The Morgan fingerprint density at radius 3 is 2.26 bits per heavy atom. The van der Waals surface area contributed by atoms with Crippen LogP contribution >= 0.6 is 22.9 Å². The van der Waals surface area contributed by atoms with Crippen LogP contribution in [0.1, 0.15) is 93.8 Å². The largest absolute Gasteiger partial charge is 0.391 e. The lowest BCUT2D eigenvalue weighted by Crippen LogP contribution is -2.71. The zero-order chi connectivity index (χ0) is 53.6. The lowest BCUT2D eigenvalue weighted by Gasteiger charge is -2.56. The maximum Gasteiger partial charge on any atom is 0.246 e. The highest BCUT2D eigenvalue weighted by molar-refractivity contribution is 7.13. The molecule has 5 aromatic rings. The number of imidazole rings is 1. The molecule has 10 rings (SSSR count). The number of benzene rings is 3. The molecule has 3 amide bonds. The number of piperidine rings is 1. The fraction of sp³-hybridized carbons (Fsp3) is 0.569. The van der Waals surface area contributed by atoms with Gasteiger partial charge in [0.25, 0.3) is 0 Å². The van der Waals surface area contributed by atoms with Gasteiger partial charge in [-0.1, -0.05) is 68.8 Å². The number of carbonyl (C=O) groups is 3. The van der Waals surface area contributed by atoms with Crippen molar-refractivity contribution in [3.05, 3.63) is 92.8 Å². The number of fused-ring (bicyclic) bond motifs is 1. The van der Waals surface area contributed by atoms with Gasteiger partial charge in [-0.25, -0.2) is 14.4 Å². The zero-order valence-corrected chi connectivity index (χ0v) is 47.0. The van der Waals surface area contributed by atoms with Crippen LogP contribution in [0.3, 0.4) is 0 Å². The van der Waals surface area contributed by atoms with Crippen LogP contribution in [0.4, 0.5) is 16.0 Å². The number of halogens is 2. The van der Waals surface area contributed by atoms with E-state index >= 15 is 0 Å². The van der Waals surface area contributed by atoms with E-state index < -0.39 is 23.6 Å². The van der Waals surface area contributed by atoms with Gasteiger partial charge in [-0.05, 0) is 118 Å². The minimum absolute atomic E-state index is 0.0301. The number of aliphatic hydroxyl groups is 1. The number of thiazole rings is 1. The third kappa shape index (κ3) is 11.7. The van der Waals surface area contributed by atoms with Gasteiger partial charge in [0.15, 0.2) is 0 Å². The molecule has 4 atom stereocenters. The molecular weight excluding hydrogens is 1000 g/mol. The smallest absolute Gasteiger partial charge is 0.246 e. The van der Waals surface area contributed by atoms with E-state index in [1.54, 1.807) is 11.3 Å². The first-order chi connectivity index (χ1) is 36.3. The van der Waals surface area contributed by atoms with Gasteiger partial charge in [-0.15, -0.1) is 11.3 Å². The summed E-state index contributed by atoms with van der Waals surface area (Å²) in [6.07, 6.45) is 2.48. The number of aryl methyl sites for hydroxylation is 3. The molecule has 0 aliphatic carbocycles. The molecule has 0 saturated carbocycles. The first kappa shape index (κ1) is 54.2. The number of nitrogens with one attached hydrogen (secondary N) is 3. The molecule has 4 N–H and O–H groups in total. The van der Waals surface area contributed by atoms with Gasteiger partial charge in [0.05, 0.1) is 46.0 Å². The Hall–Kier alpha value is -5.17. The first-order valence-corrected chi connectivity index (χ1v) is 28.8. The summed E-state index contributed by atoms with van der Waals surface area (Å²) in [6.45, 7) is 25.5. The number of nitrogens with zero attached hydrogens (tertiary/aromatic N) is 8. The zero-order valence-electron chi connectivity index (χ0n) is 45.4. The maximum absolute atomic E-state index is 14.7. The molecule has 5 aliphatic heterocycles. The van der Waals surface area contributed by atoms with E-state index in [0.717, 1.165) is 141 Å². The van der Waals surface area contributed by atoms with Gasteiger partial charge >= 0.3 is 0 Å². The van der Waals surface area contributed by atoms with E-state index in [9.17, 15) is 23.9 Å². The molecule has 408 valence electrons. The van der Waals surface area contributed by atoms with Crippen molar-refractivity contribution < 1.29 is 23.9 Å². The van der Waals surface area contributed by atoms with Crippen molar-refractivity contribution in [2.75, 3.05) is 94.9 Å². The van der Waals surface area contributed by atoms with Gasteiger partial charge in [-0.3, -0.25) is 19.3 Å². The van der Waals surface area contributed by atoms with E-state index in [0.29, 0.717) is 46.9 Å². The van der Waals surface area contributed by atoms with Crippen LogP contribution in [0.15, 0.2) is 54.0 Å². The molecule has 5 fully saturated rings. The Morgan fingerprint density at radius 2 is 1.63 bits per heavy atom. The van der Waals surface area contributed by atoms with E-state index in [1.165, 1.54) is 4.90 Å². The molecule has 18 heteroatoms. The molecule has 4 unspecified atom stereocenters. The van der Waals surface area contributed by atoms with Crippen molar-refractivity contribution >= 4 is 63.3 Å². The molecule has 2 aromatic heterocycles. The normalized spacial score (nSPS) is 21.2. The SMILES string of the molecule is Cc1cc(Cn2c(N3CC4(CNC4)C3)nc3c(N4CCN(CC5CCN(CCCC(=O)NC(C(=O)N6CC(O)CC6C(=O)NC(C)c6ccc(-c7scnc7C)cc6)C(C)(C)C)CC5)CC4)cc(Cl)cc32)cc(C)c1F. The summed E-state index contributed by atoms with van der Waals surface area (Å²) >= 11 is 8.53. The second-order valence-corrected chi connectivity index (χ2v) is 25.1. The molecule has 15 nitrogen and oxygen atoms in total.